The van der Waals surface area contributed by atoms with Crippen LogP contribution in [0.15, 0.2) is 30.4 Å². The number of hydrogen-bond acceptors (Lipinski definition) is 2. The molecule has 0 radical (unpaired) electrons. The number of benzene rings is 1. The van der Waals surface area contributed by atoms with Crippen molar-refractivity contribution >= 4 is 29.1 Å². The molecule has 0 saturated carbocycles. The van der Waals surface area contributed by atoms with Crippen LogP contribution >= 0.6 is 11.6 Å². The Bertz CT molecular complexity index is 699. The van der Waals surface area contributed by atoms with Crippen LogP contribution in [0.25, 0.3) is 0 Å². The zero-order chi connectivity index (χ0) is 16.7. The summed E-state index contributed by atoms with van der Waals surface area (Å²) in [5.74, 6) is 1.25. The molecule has 2 amide bonds. The first-order chi connectivity index (χ1) is 11.6. The summed E-state index contributed by atoms with van der Waals surface area (Å²) in [5, 5.41) is 0.461. The summed E-state index contributed by atoms with van der Waals surface area (Å²) in [6, 6.07) is 5.35. The van der Waals surface area contributed by atoms with Crippen LogP contribution in [0.5, 0.6) is 0 Å². The summed E-state index contributed by atoms with van der Waals surface area (Å²) < 4.78 is 0. The van der Waals surface area contributed by atoms with Gasteiger partial charge in [-0.3, -0.25) is 9.59 Å². The molecule has 126 valence electrons. The number of rotatable bonds is 2. The minimum atomic E-state index is -0.0112. The maximum absolute atomic E-state index is 13.0. The van der Waals surface area contributed by atoms with Gasteiger partial charge in [0.05, 0.1) is 10.6 Å². The third kappa shape index (κ3) is 2.73. The minimum absolute atomic E-state index is 0.0112. The largest absolute Gasteiger partial charge is 0.338 e. The second-order valence-electron chi connectivity index (χ2n) is 6.99. The van der Waals surface area contributed by atoms with E-state index in [1.807, 2.05) is 11.0 Å². The zero-order valence-corrected chi connectivity index (χ0v) is 14.3. The number of carbonyl (C=O) groups excluding carboxylic acids is 2. The molecule has 2 aliphatic heterocycles. The van der Waals surface area contributed by atoms with Crippen molar-refractivity contribution in [3.05, 3.63) is 40.9 Å². The molecule has 0 bridgehead atoms. The molecule has 0 unspecified atom stereocenters. The topological polar surface area (TPSA) is 40.6 Å². The number of anilines is 1. The normalized spacial score (nSPS) is 26.1. The number of likely N-dealkylation sites (tertiary alicyclic amines) is 1. The fraction of sp³-hybridized carbons (Fsp3) is 0.474. The molecule has 2 heterocycles. The van der Waals surface area contributed by atoms with Crippen molar-refractivity contribution in [3.8, 4) is 0 Å². The molecule has 1 aromatic rings. The highest BCUT2D eigenvalue weighted by Gasteiger charge is 2.36. The highest BCUT2D eigenvalue weighted by atomic mass is 35.5. The number of amides is 2. The lowest BCUT2D eigenvalue weighted by Crippen LogP contribution is -2.30. The summed E-state index contributed by atoms with van der Waals surface area (Å²) >= 11 is 6.30. The second kappa shape index (κ2) is 6.25. The summed E-state index contributed by atoms with van der Waals surface area (Å²) in [4.78, 5) is 28.6. The lowest BCUT2D eigenvalue weighted by Gasteiger charge is -2.20. The lowest BCUT2D eigenvalue weighted by atomic mass is 9.86. The van der Waals surface area contributed by atoms with Crippen molar-refractivity contribution < 1.29 is 9.59 Å². The fourth-order valence-corrected chi connectivity index (χ4v) is 4.32. The van der Waals surface area contributed by atoms with Crippen LogP contribution in [-0.2, 0) is 4.79 Å². The van der Waals surface area contributed by atoms with Gasteiger partial charge in [-0.15, -0.1) is 0 Å². The van der Waals surface area contributed by atoms with Gasteiger partial charge in [-0.1, -0.05) is 23.8 Å². The van der Waals surface area contributed by atoms with Crippen molar-refractivity contribution in [1.82, 2.24) is 4.90 Å². The molecule has 0 spiro atoms. The molecule has 2 fully saturated rings. The Balaban J connectivity index is 1.57. The highest BCUT2D eigenvalue weighted by molar-refractivity contribution is 6.34. The predicted octanol–water partition coefficient (Wildman–Crippen LogP) is 3.51. The van der Waals surface area contributed by atoms with Crippen molar-refractivity contribution in [1.29, 1.82) is 0 Å². The van der Waals surface area contributed by atoms with Gasteiger partial charge in [0.1, 0.15) is 0 Å². The number of allylic oxidation sites excluding steroid dienone is 2. The van der Waals surface area contributed by atoms with Crippen LogP contribution in [0, 0.1) is 11.8 Å². The molecule has 0 N–H and O–H groups in total. The Morgan fingerprint density at radius 3 is 2.46 bits per heavy atom. The van der Waals surface area contributed by atoms with Gasteiger partial charge >= 0.3 is 0 Å². The van der Waals surface area contributed by atoms with E-state index >= 15 is 0 Å². The predicted molar refractivity (Wildman–Crippen MR) is 94.3 cm³/mol. The Hall–Kier alpha value is -1.81. The molecular weight excluding hydrogens is 324 g/mol. The Morgan fingerprint density at radius 1 is 1.12 bits per heavy atom. The minimum Gasteiger partial charge on any atom is -0.338 e. The summed E-state index contributed by atoms with van der Waals surface area (Å²) in [6.45, 7) is 2.32. The van der Waals surface area contributed by atoms with Crippen molar-refractivity contribution in [2.24, 2.45) is 11.8 Å². The number of nitrogens with zero attached hydrogens (tertiary/aromatic N) is 2. The number of fused-ring (bicyclic) bond motifs is 1. The van der Waals surface area contributed by atoms with E-state index in [-0.39, 0.29) is 11.8 Å². The first-order valence-electron chi connectivity index (χ1n) is 8.67. The van der Waals surface area contributed by atoms with Crippen LogP contribution in [0.3, 0.4) is 0 Å². The average molecular weight is 345 g/mol. The molecule has 0 aromatic heterocycles. The highest BCUT2D eigenvalue weighted by Crippen LogP contribution is 2.35. The molecule has 1 aromatic carbocycles. The van der Waals surface area contributed by atoms with Gasteiger partial charge in [-0.05, 0) is 49.3 Å². The average Bonchev–Trinajstić information content (AvgIpc) is 3.20. The zero-order valence-electron chi connectivity index (χ0n) is 13.6. The number of carbonyl (C=O) groups is 2. The first-order valence-corrected chi connectivity index (χ1v) is 9.05. The van der Waals surface area contributed by atoms with Gasteiger partial charge in [0.2, 0.25) is 5.91 Å². The second-order valence-corrected chi connectivity index (χ2v) is 7.39. The molecule has 4 nitrogen and oxygen atoms in total. The monoisotopic (exact) mass is 344 g/mol. The molecule has 2 atom stereocenters. The van der Waals surface area contributed by atoms with Gasteiger partial charge in [-0.2, -0.15) is 0 Å². The standard InChI is InChI=1S/C19H21ClN2O2/c20-17-8-7-15(22-9-3-6-18(22)23)10-16(17)19(24)21-11-13-4-1-2-5-14(13)12-21/h1-2,7-8,10,13-14H,3-6,9,11-12H2/t13-,14-/m1/s1. The van der Waals surface area contributed by atoms with Crippen molar-refractivity contribution in [2.75, 3.05) is 24.5 Å². The fourth-order valence-electron chi connectivity index (χ4n) is 4.12. The van der Waals surface area contributed by atoms with Crippen LogP contribution in [0.4, 0.5) is 5.69 Å². The maximum atomic E-state index is 13.0. The maximum Gasteiger partial charge on any atom is 0.255 e. The molecule has 1 aliphatic carbocycles. The number of halogens is 1. The summed E-state index contributed by atoms with van der Waals surface area (Å²) in [6.07, 6.45) is 8.01. The van der Waals surface area contributed by atoms with E-state index in [4.69, 9.17) is 11.6 Å². The summed E-state index contributed by atoms with van der Waals surface area (Å²) in [7, 11) is 0. The molecule has 4 rings (SSSR count). The van der Waals surface area contributed by atoms with Gasteiger partial charge < -0.3 is 9.80 Å². The summed E-state index contributed by atoms with van der Waals surface area (Å²) in [5.41, 5.74) is 1.30. The van der Waals surface area contributed by atoms with Gasteiger partial charge in [-0.25, -0.2) is 0 Å². The van der Waals surface area contributed by atoms with Crippen LogP contribution < -0.4 is 4.90 Å². The van der Waals surface area contributed by atoms with Gasteiger partial charge in [0.25, 0.3) is 5.91 Å². The van der Waals surface area contributed by atoms with Gasteiger partial charge in [0, 0.05) is 31.7 Å². The van der Waals surface area contributed by atoms with E-state index in [9.17, 15) is 9.59 Å². The van der Waals surface area contributed by atoms with E-state index in [0.29, 0.717) is 35.4 Å². The Morgan fingerprint density at radius 2 is 1.83 bits per heavy atom. The Labute approximate surface area is 147 Å². The van der Waals surface area contributed by atoms with E-state index in [0.717, 1.165) is 38.0 Å². The number of hydrogen-bond donors (Lipinski definition) is 0. The van der Waals surface area contributed by atoms with Gasteiger partial charge in [0.15, 0.2) is 0 Å². The van der Waals surface area contributed by atoms with Crippen LogP contribution in [0.2, 0.25) is 5.02 Å². The Kier molecular flexibility index (Phi) is 4.09. The van der Waals surface area contributed by atoms with E-state index in [1.165, 1.54) is 0 Å². The van der Waals surface area contributed by atoms with Crippen LogP contribution in [0.1, 0.15) is 36.0 Å². The van der Waals surface area contributed by atoms with Crippen LogP contribution in [-0.4, -0.2) is 36.3 Å². The molecule has 2 saturated heterocycles. The van der Waals surface area contributed by atoms with Crippen molar-refractivity contribution in [2.45, 2.75) is 25.7 Å². The van der Waals surface area contributed by atoms with Crippen molar-refractivity contribution in [3.63, 3.8) is 0 Å². The quantitative estimate of drug-likeness (QED) is 0.770. The third-order valence-corrected chi connectivity index (χ3v) is 5.80. The van der Waals surface area contributed by atoms with E-state index in [1.54, 1.807) is 17.0 Å². The molecule has 24 heavy (non-hydrogen) atoms. The van der Waals surface area contributed by atoms with E-state index in [2.05, 4.69) is 12.2 Å². The smallest absolute Gasteiger partial charge is 0.255 e. The third-order valence-electron chi connectivity index (χ3n) is 5.47. The first kappa shape index (κ1) is 15.7. The molecule has 3 aliphatic rings. The lowest BCUT2D eigenvalue weighted by molar-refractivity contribution is -0.117. The SMILES string of the molecule is O=C(c1cc(N2CCCC2=O)ccc1Cl)N1C[C@H]2CC=CC[C@@H]2C1. The van der Waals surface area contributed by atoms with E-state index < -0.39 is 0 Å². The molecular formula is C19H21ClN2O2. The molecule has 5 heteroatoms.